The van der Waals surface area contributed by atoms with E-state index in [-0.39, 0.29) is 61.3 Å². The molecule has 2 heterocycles. The number of nitrogens with one attached hydrogen (secondary N) is 3. The van der Waals surface area contributed by atoms with Crippen LogP contribution in [0.25, 0.3) is 0 Å². The fourth-order valence-electron chi connectivity index (χ4n) is 3.81. The van der Waals surface area contributed by atoms with Crippen LogP contribution in [0.15, 0.2) is 30.3 Å². The molecule has 2 fully saturated rings. The van der Waals surface area contributed by atoms with Crippen molar-refractivity contribution in [1.82, 2.24) is 10.6 Å². The second kappa shape index (κ2) is 12.0. The molecule has 1 atom stereocenters. The predicted molar refractivity (Wildman–Crippen MR) is 131 cm³/mol. The summed E-state index contributed by atoms with van der Waals surface area (Å²) in [7, 11) is 0. The van der Waals surface area contributed by atoms with Gasteiger partial charge in [0, 0.05) is 30.9 Å². The molecule has 1 saturated heterocycles. The van der Waals surface area contributed by atoms with Gasteiger partial charge in [0.1, 0.15) is 12.6 Å². The maximum atomic E-state index is 13.1. The molecule has 0 unspecified atom stereocenters. The molecular formula is C23H25ClF2N4O5S. The van der Waals surface area contributed by atoms with Gasteiger partial charge in [-0.05, 0) is 37.1 Å². The topological polar surface area (TPSA) is 109 Å². The molecule has 1 saturated carbocycles. The minimum absolute atomic E-state index is 0.0113. The Hall–Kier alpha value is -2.80. The van der Waals surface area contributed by atoms with Gasteiger partial charge in [0.05, 0.1) is 21.5 Å². The van der Waals surface area contributed by atoms with Crippen LogP contribution in [0.2, 0.25) is 4.34 Å². The molecule has 3 amide bonds. The van der Waals surface area contributed by atoms with E-state index < -0.39 is 18.6 Å². The van der Waals surface area contributed by atoms with Crippen molar-refractivity contribution in [2.75, 3.05) is 36.5 Å². The molecule has 2 aromatic rings. The molecular weight excluding hydrogens is 518 g/mol. The normalized spacial score (nSPS) is 17.0. The zero-order valence-electron chi connectivity index (χ0n) is 19.1. The van der Waals surface area contributed by atoms with Gasteiger partial charge in [0.25, 0.3) is 11.8 Å². The number of benzene rings is 1. The van der Waals surface area contributed by atoms with Crippen molar-refractivity contribution in [1.29, 1.82) is 0 Å². The number of thiophene rings is 1. The van der Waals surface area contributed by atoms with Gasteiger partial charge in [0.15, 0.2) is 5.75 Å². The molecule has 0 radical (unpaired) electrons. The number of anilines is 2. The second-order valence-electron chi connectivity index (χ2n) is 8.31. The Balaban J connectivity index is 1.47. The zero-order chi connectivity index (χ0) is 25.7. The number of rotatable bonds is 10. The van der Waals surface area contributed by atoms with E-state index in [9.17, 15) is 23.2 Å². The summed E-state index contributed by atoms with van der Waals surface area (Å²) >= 11 is 7.02. The largest absolute Gasteiger partial charge is 0.433 e. The third-order valence-electron chi connectivity index (χ3n) is 5.84. The van der Waals surface area contributed by atoms with Crippen LogP contribution in [0.5, 0.6) is 5.75 Å². The summed E-state index contributed by atoms with van der Waals surface area (Å²) in [5.41, 5.74) is 0.365. The number of halogens is 3. The maximum Gasteiger partial charge on any atom is 0.387 e. The summed E-state index contributed by atoms with van der Waals surface area (Å²) in [5, 5.41) is 8.66. The van der Waals surface area contributed by atoms with Crippen LogP contribution in [0.3, 0.4) is 0 Å². The van der Waals surface area contributed by atoms with Gasteiger partial charge in [-0.25, -0.2) is 0 Å². The number of hydrogen-bond donors (Lipinski definition) is 3. The monoisotopic (exact) mass is 542 g/mol. The lowest BCUT2D eigenvalue weighted by molar-refractivity contribution is -0.125. The molecule has 1 aromatic carbocycles. The molecule has 2 aliphatic rings. The first-order chi connectivity index (χ1) is 17.3. The Morgan fingerprint density at radius 2 is 2.06 bits per heavy atom. The summed E-state index contributed by atoms with van der Waals surface area (Å²) in [4.78, 5) is 39.4. The molecule has 9 nitrogen and oxygen atoms in total. The predicted octanol–water partition coefficient (Wildman–Crippen LogP) is 3.25. The summed E-state index contributed by atoms with van der Waals surface area (Å²) in [6, 6.07) is 6.77. The summed E-state index contributed by atoms with van der Waals surface area (Å²) in [6.45, 7) is -2.83. The zero-order valence-corrected chi connectivity index (χ0v) is 20.7. The molecule has 1 aromatic heterocycles. The van der Waals surface area contributed by atoms with E-state index in [0.29, 0.717) is 9.21 Å². The molecule has 1 aliphatic heterocycles. The van der Waals surface area contributed by atoms with Gasteiger partial charge in [-0.15, -0.1) is 11.3 Å². The van der Waals surface area contributed by atoms with Crippen LogP contribution in [0, 0.1) is 0 Å². The standard InChI is InChI=1S/C23H25ClF2N4O5S/c24-19-7-6-18(36-19)22(33)27-11-15(28-13-2-1-3-13)21(32)29-14-4-5-16(17(10-14)35-23(25)26)30-8-9-34-12-20(30)31/h4-7,10,13,15,23,28H,1-3,8-9,11-12H2,(H,27,33)(H,29,32)/t15-/m1/s1. The van der Waals surface area contributed by atoms with Crippen molar-refractivity contribution in [3.05, 3.63) is 39.5 Å². The number of amides is 3. The SMILES string of the molecule is O=C(NC[C@@H](NC1CCC1)C(=O)Nc1ccc(N2CCOCC2=O)c(OC(F)F)c1)c1ccc(Cl)s1. The van der Waals surface area contributed by atoms with Crippen LogP contribution >= 0.6 is 22.9 Å². The fourth-order valence-corrected chi connectivity index (χ4v) is 4.77. The highest BCUT2D eigenvalue weighted by Crippen LogP contribution is 2.33. The van der Waals surface area contributed by atoms with E-state index in [0.717, 1.165) is 30.6 Å². The van der Waals surface area contributed by atoms with Crippen LogP contribution in [-0.2, 0) is 14.3 Å². The molecule has 36 heavy (non-hydrogen) atoms. The van der Waals surface area contributed by atoms with E-state index in [4.69, 9.17) is 16.3 Å². The van der Waals surface area contributed by atoms with E-state index in [1.165, 1.54) is 23.1 Å². The van der Waals surface area contributed by atoms with Gasteiger partial charge >= 0.3 is 6.61 Å². The van der Waals surface area contributed by atoms with Crippen molar-refractivity contribution < 1.29 is 32.6 Å². The Morgan fingerprint density at radius 1 is 1.25 bits per heavy atom. The highest BCUT2D eigenvalue weighted by molar-refractivity contribution is 7.18. The Morgan fingerprint density at radius 3 is 2.69 bits per heavy atom. The van der Waals surface area contributed by atoms with E-state index >= 15 is 0 Å². The summed E-state index contributed by atoms with van der Waals surface area (Å²) in [6.07, 6.45) is 2.86. The molecule has 0 spiro atoms. The van der Waals surface area contributed by atoms with Crippen LogP contribution in [-0.4, -0.2) is 62.7 Å². The Labute approximate surface area is 215 Å². The molecule has 0 bridgehead atoms. The van der Waals surface area contributed by atoms with Crippen LogP contribution < -0.4 is 25.6 Å². The summed E-state index contributed by atoms with van der Waals surface area (Å²) in [5.74, 6) is -1.44. The molecule has 13 heteroatoms. The Kier molecular flexibility index (Phi) is 8.72. The van der Waals surface area contributed by atoms with Crippen molar-refractivity contribution >= 4 is 52.0 Å². The maximum absolute atomic E-state index is 13.1. The minimum Gasteiger partial charge on any atom is -0.433 e. The number of hydrogen-bond acceptors (Lipinski definition) is 7. The van der Waals surface area contributed by atoms with Crippen molar-refractivity contribution in [2.24, 2.45) is 0 Å². The van der Waals surface area contributed by atoms with Gasteiger partial charge in [-0.3, -0.25) is 14.4 Å². The van der Waals surface area contributed by atoms with Crippen molar-refractivity contribution in [2.45, 2.75) is 38.0 Å². The summed E-state index contributed by atoms with van der Waals surface area (Å²) < 4.78 is 36.4. The van der Waals surface area contributed by atoms with E-state index in [2.05, 4.69) is 20.7 Å². The molecule has 1 aliphatic carbocycles. The van der Waals surface area contributed by atoms with E-state index in [1.54, 1.807) is 12.1 Å². The number of carbonyl (C=O) groups excluding carboxylic acids is 3. The number of ether oxygens (including phenoxy) is 2. The first kappa shape index (κ1) is 26.3. The lowest BCUT2D eigenvalue weighted by Gasteiger charge is -2.31. The van der Waals surface area contributed by atoms with Gasteiger partial charge < -0.3 is 30.3 Å². The highest BCUT2D eigenvalue weighted by atomic mass is 35.5. The van der Waals surface area contributed by atoms with Crippen molar-refractivity contribution in [3.63, 3.8) is 0 Å². The third kappa shape index (κ3) is 6.69. The Bertz CT molecular complexity index is 1110. The van der Waals surface area contributed by atoms with Gasteiger partial charge in [-0.1, -0.05) is 18.0 Å². The van der Waals surface area contributed by atoms with Gasteiger partial charge in [-0.2, -0.15) is 8.78 Å². The fraction of sp³-hybridized carbons (Fsp3) is 0.435. The van der Waals surface area contributed by atoms with Gasteiger partial charge in [0.2, 0.25) is 5.91 Å². The average Bonchev–Trinajstić information content (AvgIpc) is 3.24. The van der Waals surface area contributed by atoms with E-state index in [1.807, 2.05) is 0 Å². The van der Waals surface area contributed by atoms with Crippen LogP contribution in [0.1, 0.15) is 28.9 Å². The molecule has 194 valence electrons. The highest BCUT2D eigenvalue weighted by Gasteiger charge is 2.28. The van der Waals surface area contributed by atoms with Crippen LogP contribution in [0.4, 0.5) is 20.2 Å². The molecule has 4 rings (SSSR count). The molecule has 3 N–H and O–H groups in total. The lowest BCUT2D eigenvalue weighted by atomic mass is 9.92. The quantitative estimate of drug-likeness (QED) is 0.425. The number of nitrogens with zero attached hydrogens (tertiary/aromatic N) is 1. The second-order valence-corrected chi connectivity index (χ2v) is 10.0. The first-order valence-corrected chi connectivity index (χ1v) is 12.6. The smallest absolute Gasteiger partial charge is 0.387 e. The first-order valence-electron chi connectivity index (χ1n) is 11.4. The number of alkyl halides is 2. The minimum atomic E-state index is -3.13. The lowest BCUT2D eigenvalue weighted by Crippen LogP contribution is -2.53. The third-order valence-corrected chi connectivity index (χ3v) is 7.07. The van der Waals surface area contributed by atoms with Crippen molar-refractivity contribution in [3.8, 4) is 5.75 Å². The average molecular weight is 543 g/mol. The number of carbonyl (C=O) groups is 3. The number of morpholine rings is 1.